The molecule has 0 aliphatic rings. The summed E-state index contributed by atoms with van der Waals surface area (Å²) in [6, 6.07) is 0.165. The molecule has 2 heterocycles. The standard InChI is InChI=1S/C10H14N6O2/c1-2-12-8-13-9(16-4-3-11-7-16)15-10(14-8)18-6-5-17/h3-4,7,17H,2,5-6H2,1H3,(H,12,13,14,15). The Hall–Kier alpha value is -2.22. The summed E-state index contributed by atoms with van der Waals surface area (Å²) < 4.78 is 6.84. The number of anilines is 1. The van der Waals surface area contributed by atoms with Gasteiger partial charge in [0.25, 0.3) is 0 Å². The van der Waals surface area contributed by atoms with Crippen LogP contribution in [0, 0.1) is 0 Å². The number of aromatic nitrogens is 5. The van der Waals surface area contributed by atoms with E-state index in [0.717, 1.165) is 0 Å². The van der Waals surface area contributed by atoms with E-state index in [2.05, 4.69) is 25.3 Å². The third kappa shape index (κ3) is 2.92. The Kier molecular flexibility index (Phi) is 4.02. The molecule has 0 saturated carbocycles. The molecule has 0 bridgehead atoms. The number of aliphatic hydroxyl groups is 1. The Bertz CT molecular complexity index is 487. The highest BCUT2D eigenvalue weighted by Crippen LogP contribution is 2.10. The first kappa shape index (κ1) is 12.2. The lowest BCUT2D eigenvalue weighted by molar-refractivity contribution is 0.191. The molecule has 2 aromatic heterocycles. The molecule has 2 aromatic rings. The van der Waals surface area contributed by atoms with Crippen LogP contribution in [-0.2, 0) is 0 Å². The van der Waals surface area contributed by atoms with E-state index in [-0.39, 0.29) is 19.2 Å². The van der Waals surface area contributed by atoms with Crippen LogP contribution in [-0.4, -0.2) is 49.4 Å². The van der Waals surface area contributed by atoms with E-state index in [1.54, 1.807) is 23.3 Å². The molecular weight excluding hydrogens is 236 g/mol. The predicted octanol–water partition coefficient (Wildman–Crippen LogP) is -0.140. The van der Waals surface area contributed by atoms with Crippen molar-refractivity contribution in [1.29, 1.82) is 0 Å². The van der Waals surface area contributed by atoms with Crippen molar-refractivity contribution in [1.82, 2.24) is 24.5 Å². The SMILES string of the molecule is CCNc1nc(OCCO)nc(-n2ccnc2)n1. The van der Waals surface area contributed by atoms with E-state index < -0.39 is 0 Å². The van der Waals surface area contributed by atoms with Crippen LogP contribution in [0.25, 0.3) is 5.95 Å². The van der Waals surface area contributed by atoms with Gasteiger partial charge in [-0.25, -0.2) is 4.98 Å². The molecule has 0 unspecified atom stereocenters. The zero-order chi connectivity index (χ0) is 12.8. The van der Waals surface area contributed by atoms with Crippen molar-refractivity contribution in [3.05, 3.63) is 18.7 Å². The monoisotopic (exact) mass is 250 g/mol. The van der Waals surface area contributed by atoms with E-state index >= 15 is 0 Å². The molecule has 0 aliphatic carbocycles. The van der Waals surface area contributed by atoms with E-state index in [9.17, 15) is 0 Å². The minimum absolute atomic E-state index is 0.0946. The molecule has 0 atom stereocenters. The fourth-order valence-corrected chi connectivity index (χ4v) is 1.28. The number of nitrogens with one attached hydrogen (secondary N) is 1. The normalized spacial score (nSPS) is 10.3. The molecule has 2 N–H and O–H groups in total. The lowest BCUT2D eigenvalue weighted by Gasteiger charge is -2.08. The molecule has 8 nitrogen and oxygen atoms in total. The zero-order valence-electron chi connectivity index (χ0n) is 9.94. The summed E-state index contributed by atoms with van der Waals surface area (Å²) in [5, 5.41) is 11.7. The number of hydrogen-bond acceptors (Lipinski definition) is 7. The highest BCUT2D eigenvalue weighted by atomic mass is 16.5. The molecular formula is C10H14N6O2. The van der Waals surface area contributed by atoms with Gasteiger partial charge in [0, 0.05) is 18.9 Å². The quantitative estimate of drug-likeness (QED) is 0.736. The summed E-state index contributed by atoms with van der Waals surface area (Å²) in [4.78, 5) is 16.3. The average Bonchev–Trinajstić information content (AvgIpc) is 2.90. The summed E-state index contributed by atoms with van der Waals surface area (Å²) in [5.41, 5.74) is 0. The average molecular weight is 250 g/mol. The fourth-order valence-electron chi connectivity index (χ4n) is 1.28. The van der Waals surface area contributed by atoms with Gasteiger partial charge in [0.2, 0.25) is 11.9 Å². The van der Waals surface area contributed by atoms with E-state index in [0.29, 0.717) is 18.4 Å². The summed E-state index contributed by atoms with van der Waals surface area (Å²) in [6.45, 7) is 2.67. The minimum Gasteiger partial charge on any atom is -0.461 e. The van der Waals surface area contributed by atoms with Crippen molar-refractivity contribution in [3.63, 3.8) is 0 Å². The molecule has 0 radical (unpaired) electrons. The lowest BCUT2D eigenvalue weighted by Crippen LogP contribution is -2.11. The second kappa shape index (κ2) is 5.92. The van der Waals surface area contributed by atoms with E-state index in [4.69, 9.17) is 9.84 Å². The van der Waals surface area contributed by atoms with Crippen molar-refractivity contribution in [2.75, 3.05) is 25.1 Å². The molecule has 0 saturated heterocycles. The van der Waals surface area contributed by atoms with Crippen LogP contribution in [0.4, 0.5) is 5.95 Å². The van der Waals surface area contributed by atoms with Gasteiger partial charge in [0.1, 0.15) is 12.9 Å². The third-order valence-electron chi connectivity index (χ3n) is 2.00. The Morgan fingerprint density at radius 3 is 2.94 bits per heavy atom. The number of hydrogen-bond donors (Lipinski definition) is 2. The second-order valence-corrected chi connectivity index (χ2v) is 3.31. The smallest absolute Gasteiger partial charge is 0.323 e. The van der Waals surface area contributed by atoms with Crippen LogP contribution in [0.1, 0.15) is 6.92 Å². The molecule has 0 spiro atoms. The first-order valence-corrected chi connectivity index (χ1v) is 5.55. The molecule has 0 amide bonds. The first-order chi connectivity index (χ1) is 8.83. The minimum atomic E-state index is -0.0946. The number of imidazole rings is 1. The number of aliphatic hydroxyl groups excluding tert-OH is 1. The number of rotatable bonds is 6. The summed E-state index contributed by atoms with van der Waals surface area (Å²) in [5.74, 6) is 0.829. The van der Waals surface area contributed by atoms with Crippen LogP contribution in [0.2, 0.25) is 0 Å². The van der Waals surface area contributed by atoms with Gasteiger partial charge in [-0.1, -0.05) is 0 Å². The van der Waals surface area contributed by atoms with Crippen molar-refractivity contribution in [2.45, 2.75) is 6.92 Å². The van der Waals surface area contributed by atoms with Gasteiger partial charge in [0.15, 0.2) is 0 Å². The first-order valence-electron chi connectivity index (χ1n) is 5.55. The zero-order valence-corrected chi connectivity index (χ0v) is 9.94. The van der Waals surface area contributed by atoms with Crippen molar-refractivity contribution in [2.24, 2.45) is 0 Å². The summed E-state index contributed by atoms with van der Waals surface area (Å²) in [7, 11) is 0. The van der Waals surface area contributed by atoms with Gasteiger partial charge in [-0.3, -0.25) is 4.57 Å². The molecule has 0 aromatic carbocycles. The van der Waals surface area contributed by atoms with Gasteiger partial charge in [0.05, 0.1) is 6.61 Å². The highest BCUT2D eigenvalue weighted by Gasteiger charge is 2.08. The van der Waals surface area contributed by atoms with Crippen molar-refractivity contribution >= 4 is 5.95 Å². The maximum absolute atomic E-state index is 8.73. The maximum atomic E-state index is 8.73. The van der Waals surface area contributed by atoms with Gasteiger partial charge in [-0.15, -0.1) is 0 Å². The van der Waals surface area contributed by atoms with E-state index in [1.165, 1.54) is 0 Å². The molecule has 0 fully saturated rings. The third-order valence-corrected chi connectivity index (χ3v) is 2.00. The molecule has 18 heavy (non-hydrogen) atoms. The predicted molar refractivity (Wildman–Crippen MR) is 63.7 cm³/mol. The lowest BCUT2D eigenvalue weighted by atomic mass is 10.7. The second-order valence-electron chi connectivity index (χ2n) is 3.31. The van der Waals surface area contributed by atoms with Crippen molar-refractivity contribution in [3.8, 4) is 12.0 Å². The summed E-state index contributed by atoms with van der Waals surface area (Å²) in [6.07, 6.45) is 4.94. The number of nitrogens with zero attached hydrogens (tertiary/aromatic N) is 5. The maximum Gasteiger partial charge on any atom is 0.323 e. The fraction of sp³-hybridized carbons (Fsp3) is 0.400. The van der Waals surface area contributed by atoms with Gasteiger partial charge in [-0.2, -0.15) is 15.0 Å². The Morgan fingerprint density at radius 1 is 1.39 bits per heavy atom. The number of ether oxygens (including phenoxy) is 1. The molecule has 8 heteroatoms. The van der Waals surface area contributed by atoms with Gasteiger partial charge in [-0.05, 0) is 6.92 Å². The van der Waals surface area contributed by atoms with Crippen LogP contribution >= 0.6 is 0 Å². The van der Waals surface area contributed by atoms with Crippen LogP contribution < -0.4 is 10.1 Å². The summed E-state index contributed by atoms with van der Waals surface area (Å²) >= 11 is 0. The Labute approximate surface area is 104 Å². The van der Waals surface area contributed by atoms with Crippen LogP contribution in [0.5, 0.6) is 6.01 Å². The van der Waals surface area contributed by atoms with Gasteiger partial charge < -0.3 is 15.2 Å². The molecule has 96 valence electrons. The van der Waals surface area contributed by atoms with E-state index in [1.807, 2.05) is 6.92 Å². The Balaban J connectivity index is 2.30. The van der Waals surface area contributed by atoms with Crippen LogP contribution in [0.3, 0.4) is 0 Å². The Morgan fingerprint density at radius 2 is 2.28 bits per heavy atom. The van der Waals surface area contributed by atoms with Gasteiger partial charge >= 0.3 is 6.01 Å². The van der Waals surface area contributed by atoms with Crippen molar-refractivity contribution < 1.29 is 9.84 Å². The molecule has 2 rings (SSSR count). The molecule has 0 aliphatic heterocycles. The largest absolute Gasteiger partial charge is 0.461 e. The van der Waals surface area contributed by atoms with Crippen LogP contribution in [0.15, 0.2) is 18.7 Å². The highest BCUT2D eigenvalue weighted by molar-refractivity contribution is 5.30. The topological polar surface area (TPSA) is 98.0 Å².